The fraction of sp³-hybridized carbons (Fsp3) is 0.400. The number of aryl methyl sites for hydroxylation is 1. The summed E-state index contributed by atoms with van der Waals surface area (Å²) in [6.45, 7) is 5.09. The molecule has 9 heteroatoms. The van der Waals surface area contributed by atoms with Crippen molar-refractivity contribution in [2.24, 2.45) is 0 Å². The Bertz CT molecular complexity index is 1280. The molecule has 4 aromatic rings. The van der Waals surface area contributed by atoms with Gasteiger partial charge in [0.1, 0.15) is 5.69 Å². The fourth-order valence-electron chi connectivity index (χ4n) is 4.83. The molecule has 1 amide bonds. The van der Waals surface area contributed by atoms with E-state index in [4.69, 9.17) is 10.1 Å². The molecule has 1 saturated carbocycles. The van der Waals surface area contributed by atoms with Crippen molar-refractivity contribution in [3.63, 3.8) is 0 Å². The minimum atomic E-state index is 0.134. The number of aromatic nitrogens is 3. The Kier molecular flexibility index (Phi) is 5.74. The van der Waals surface area contributed by atoms with E-state index in [2.05, 4.69) is 41.4 Å². The number of anilines is 2. The summed E-state index contributed by atoms with van der Waals surface area (Å²) in [5, 5.41) is 11.7. The normalized spacial score (nSPS) is 17.1. The molecule has 0 radical (unpaired) electrons. The zero-order valence-electron chi connectivity index (χ0n) is 19.2. The van der Waals surface area contributed by atoms with Crippen molar-refractivity contribution in [3.8, 4) is 11.3 Å². The molecule has 6 rings (SSSR count). The lowest BCUT2D eigenvalue weighted by Crippen LogP contribution is -2.48. The third-order valence-electron chi connectivity index (χ3n) is 6.78. The molecule has 1 aliphatic heterocycles. The highest BCUT2D eigenvalue weighted by Gasteiger charge is 2.27. The van der Waals surface area contributed by atoms with Crippen LogP contribution in [0.1, 0.15) is 40.9 Å². The van der Waals surface area contributed by atoms with Gasteiger partial charge in [-0.1, -0.05) is 60.1 Å². The molecule has 4 heterocycles. The molecular formula is C25H28N6OS2. The smallest absolute Gasteiger partial charge is 0.264 e. The fourth-order valence-corrected chi connectivity index (χ4v) is 6.47. The molecule has 176 valence electrons. The molecule has 2 aliphatic rings. The zero-order valence-corrected chi connectivity index (χ0v) is 20.9. The Morgan fingerprint density at radius 3 is 2.53 bits per heavy atom. The number of piperazine rings is 1. The van der Waals surface area contributed by atoms with Crippen molar-refractivity contribution in [2.45, 2.75) is 38.6 Å². The summed E-state index contributed by atoms with van der Waals surface area (Å²) in [5.74, 6) is 1.13. The van der Waals surface area contributed by atoms with Crippen LogP contribution in [0.5, 0.6) is 0 Å². The highest BCUT2D eigenvalue weighted by molar-refractivity contribution is 7.20. The van der Waals surface area contributed by atoms with Crippen LogP contribution >= 0.6 is 22.7 Å². The summed E-state index contributed by atoms with van der Waals surface area (Å²) in [6, 6.07) is 12.9. The Morgan fingerprint density at radius 2 is 1.82 bits per heavy atom. The van der Waals surface area contributed by atoms with Gasteiger partial charge in [0.15, 0.2) is 5.82 Å². The lowest BCUT2D eigenvalue weighted by atomic mass is 10.1. The first-order chi connectivity index (χ1) is 16.7. The minimum absolute atomic E-state index is 0.134. The van der Waals surface area contributed by atoms with Gasteiger partial charge in [-0.15, -0.1) is 16.4 Å². The lowest BCUT2D eigenvalue weighted by Gasteiger charge is -2.34. The van der Waals surface area contributed by atoms with Crippen molar-refractivity contribution in [3.05, 3.63) is 52.2 Å². The number of nitrogens with zero attached hydrogens (tertiary/aromatic N) is 5. The summed E-state index contributed by atoms with van der Waals surface area (Å²) in [5.41, 5.74) is 3.34. The number of nitrogens with one attached hydrogen (secondary N) is 1. The number of amides is 1. The van der Waals surface area contributed by atoms with Crippen LogP contribution in [0.2, 0.25) is 0 Å². The van der Waals surface area contributed by atoms with Crippen molar-refractivity contribution in [1.29, 1.82) is 0 Å². The predicted octanol–water partition coefficient (Wildman–Crippen LogP) is 5.14. The van der Waals surface area contributed by atoms with Crippen LogP contribution in [0.4, 0.5) is 10.9 Å². The number of imidazole rings is 1. The van der Waals surface area contributed by atoms with Crippen molar-refractivity contribution in [2.75, 3.05) is 36.4 Å². The molecule has 1 N–H and O–H groups in total. The zero-order chi connectivity index (χ0) is 23.1. The van der Waals surface area contributed by atoms with Gasteiger partial charge in [0.05, 0.1) is 4.88 Å². The first kappa shape index (κ1) is 21.6. The Labute approximate surface area is 207 Å². The highest BCUT2D eigenvalue weighted by atomic mass is 32.1. The third kappa shape index (κ3) is 4.07. The van der Waals surface area contributed by atoms with Gasteiger partial charge in [-0.2, -0.15) is 4.52 Å². The number of carbonyl (C=O) groups excluding carboxylic acids is 1. The molecule has 1 aliphatic carbocycles. The number of rotatable bonds is 5. The molecule has 0 atom stereocenters. The van der Waals surface area contributed by atoms with Gasteiger partial charge in [0.25, 0.3) is 5.91 Å². The van der Waals surface area contributed by atoms with E-state index in [1.807, 2.05) is 26.9 Å². The molecule has 34 heavy (non-hydrogen) atoms. The summed E-state index contributed by atoms with van der Waals surface area (Å²) >= 11 is 3.13. The highest BCUT2D eigenvalue weighted by Crippen LogP contribution is 2.35. The van der Waals surface area contributed by atoms with E-state index in [9.17, 15) is 4.79 Å². The largest absolute Gasteiger partial charge is 0.365 e. The van der Waals surface area contributed by atoms with Gasteiger partial charge in [0.2, 0.25) is 10.1 Å². The molecule has 0 spiro atoms. The second-order valence-electron chi connectivity index (χ2n) is 9.14. The van der Waals surface area contributed by atoms with Crippen LogP contribution in [0.25, 0.3) is 16.2 Å². The number of thiophene rings is 1. The summed E-state index contributed by atoms with van der Waals surface area (Å²) < 4.78 is 2.00. The minimum Gasteiger partial charge on any atom is -0.365 e. The van der Waals surface area contributed by atoms with E-state index >= 15 is 0 Å². The second-order valence-corrected chi connectivity index (χ2v) is 11.0. The monoisotopic (exact) mass is 492 g/mol. The number of hydrogen-bond donors (Lipinski definition) is 1. The third-order valence-corrected chi connectivity index (χ3v) is 8.61. The van der Waals surface area contributed by atoms with Crippen LogP contribution in [-0.4, -0.2) is 57.6 Å². The average molecular weight is 493 g/mol. The van der Waals surface area contributed by atoms with Crippen LogP contribution in [-0.2, 0) is 0 Å². The van der Waals surface area contributed by atoms with Gasteiger partial charge in [-0.3, -0.25) is 4.79 Å². The van der Waals surface area contributed by atoms with Gasteiger partial charge >= 0.3 is 0 Å². The van der Waals surface area contributed by atoms with Gasteiger partial charge in [-0.05, 0) is 31.2 Å². The number of carbonyl (C=O) groups is 1. The van der Waals surface area contributed by atoms with Crippen LogP contribution in [0.3, 0.4) is 0 Å². The Morgan fingerprint density at radius 1 is 1.06 bits per heavy atom. The lowest BCUT2D eigenvalue weighted by molar-refractivity contribution is 0.0751. The van der Waals surface area contributed by atoms with Gasteiger partial charge in [0, 0.05) is 37.8 Å². The molecular weight excluding hydrogens is 464 g/mol. The average Bonchev–Trinajstić information content (AvgIpc) is 3.66. The maximum absolute atomic E-state index is 12.7. The molecule has 2 fully saturated rings. The molecule has 0 unspecified atom stereocenters. The van der Waals surface area contributed by atoms with E-state index in [0.29, 0.717) is 19.1 Å². The van der Waals surface area contributed by atoms with Crippen molar-refractivity contribution < 1.29 is 4.79 Å². The quantitative estimate of drug-likeness (QED) is 0.418. The van der Waals surface area contributed by atoms with E-state index in [1.54, 1.807) is 11.3 Å². The summed E-state index contributed by atoms with van der Waals surface area (Å²) in [6.07, 6.45) is 4.93. The van der Waals surface area contributed by atoms with Crippen molar-refractivity contribution in [1.82, 2.24) is 19.5 Å². The molecule has 7 nitrogen and oxygen atoms in total. The van der Waals surface area contributed by atoms with E-state index < -0.39 is 0 Å². The summed E-state index contributed by atoms with van der Waals surface area (Å²) in [4.78, 5) is 23.6. The standard InChI is InChI=1S/C25H28N6OS2/c1-17-8-10-18(11-9-17)21-22(26-19-5-2-3-6-19)31-24(27-21)34-25(28-31)30-14-12-29(13-15-30)23(32)20-7-4-16-33-20/h4,7-11,16,19,26H,2-3,5-6,12-15H2,1H3. The van der Waals surface area contributed by atoms with E-state index in [-0.39, 0.29) is 5.91 Å². The molecule has 1 aromatic carbocycles. The van der Waals surface area contributed by atoms with Crippen LogP contribution in [0, 0.1) is 6.92 Å². The van der Waals surface area contributed by atoms with Gasteiger partial charge < -0.3 is 15.1 Å². The maximum atomic E-state index is 12.7. The topological polar surface area (TPSA) is 65.8 Å². The Hall–Kier alpha value is -2.91. The molecule has 0 bridgehead atoms. The predicted molar refractivity (Wildman–Crippen MR) is 139 cm³/mol. The van der Waals surface area contributed by atoms with Crippen LogP contribution < -0.4 is 10.2 Å². The Balaban J connectivity index is 1.26. The van der Waals surface area contributed by atoms with E-state index in [1.165, 1.54) is 42.6 Å². The maximum Gasteiger partial charge on any atom is 0.264 e. The SMILES string of the molecule is Cc1ccc(-c2nc3sc(N4CCN(C(=O)c5cccs5)CC4)nn3c2NC2CCCC2)cc1. The molecule has 3 aromatic heterocycles. The van der Waals surface area contributed by atoms with Crippen molar-refractivity contribution >= 4 is 44.5 Å². The van der Waals surface area contributed by atoms with Crippen LogP contribution in [0.15, 0.2) is 41.8 Å². The van der Waals surface area contributed by atoms with Gasteiger partial charge in [-0.25, -0.2) is 4.98 Å². The van der Waals surface area contributed by atoms with E-state index in [0.717, 1.165) is 45.1 Å². The first-order valence-electron chi connectivity index (χ1n) is 12.0. The number of benzene rings is 1. The molecule has 1 saturated heterocycles. The first-order valence-corrected chi connectivity index (χ1v) is 13.7. The number of fused-ring (bicyclic) bond motifs is 1. The summed E-state index contributed by atoms with van der Waals surface area (Å²) in [7, 11) is 0. The number of hydrogen-bond acceptors (Lipinski definition) is 7. The second kappa shape index (κ2) is 9.03.